The third kappa shape index (κ3) is 2.28. The van der Waals surface area contributed by atoms with E-state index >= 15 is 0 Å². The number of rotatable bonds is 4. The molecule has 1 amide bonds. The van der Waals surface area contributed by atoms with Gasteiger partial charge in [-0.2, -0.15) is 5.10 Å². The largest absolute Gasteiger partial charge is 0.395 e. The molecule has 2 unspecified atom stereocenters. The number of nitrogens with one attached hydrogen (secondary N) is 1. The molecule has 1 aromatic heterocycles. The summed E-state index contributed by atoms with van der Waals surface area (Å²) in [6.07, 6.45) is 1.95. The number of carbonyl (C=O) groups excluding carboxylic acids is 1. The lowest BCUT2D eigenvalue weighted by molar-refractivity contribution is 0.0943. The molecule has 1 fully saturated rings. The third-order valence-electron chi connectivity index (χ3n) is 3.51. The molecule has 1 heterocycles. The highest BCUT2D eigenvalue weighted by Gasteiger charge is 2.33. The van der Waals surface area contributed by atoms with Gasteiger partial charge in [-0.05, 0) is 24.7 Å². The van der Waals surface area contributed by atoms with Crippen LogP contribution in [0.4, 0.5) is 5.69 Å². The van der Waals surface area contributed by atoms with Gasteiger partial charge in [0, 0.05) is 13.6 Å². The molecule has 0 aliphatic heterocycles. The van der Waals surface area contributed by atoms with Gasteiger partial charge in [-0.15, -0.1) is 0 Å². The van der Waals surface area contributed by atoms with Gasteiger partial charge in [0.2, 0.25) is 0 Å². The van der Waals surface area contributed by atoms with E-state index in [0.717, 1.165) is 24.6 Å². The van der Waals surface area contributed by atoms with Crippen molar-refractivity contribution in [3.63, 3.8) is 0 Å². The maximum Gasteiger partial charge on any atom is 0.271 e. The average molecular weight is 236 g/mol. The number of hydrogen-bond acceptors (Lipinski definition) is 3. The van der Waals surface area contributed by atoms with E-state index in [1.165, 1.54) is 6.42 Å². The minimum atomic E-state index is -0.115. The fraction of sp³-hybridized carbons (Fsp3) is 0.667. The van der Waals surface area contributed by atoms with E-state index in [-0.39, 0.29) is 5.91 Å². The summed E-state index contributed by atoms with van der Waals surface area (Å²) in [5.41, 5.74) is 7.70. The molecule has 0 bridgehead atoms. The van der Waals surface area contributed by atoms with Gasteiger partial charge in [-0.1, -0.05) is 13.8 Å². The Balaban J connectivity index is 2.05. The summed E-state index contributed by atoms with van der Waals surface area (Å²) in [6.45, 7) is 4.92. The van der Waals surface area contributed by atoms with Gasteiger partial charge in [-0.25, -0.2) is 0 Å². The summed E-state index contributed by atoms with van der Waals surface area (Å²) in [5, 5.41) is 7.17. The molecular formula is C12H20N4O. The van der Waals surface area contributed by atoms with Crippen LogP contribution in [0.3, 0.4) is 0 Å². The summed E-state index contributed by atoms with van der Waals surface area (Å²) < 4.78 is 1.57. The lowest BCUT2D eigenvalue weighted by atomic mass is 10.2. The number of carbonyl (C=O) groups is 1. The predicted molar refractivity (Wildman–Crippen MR) is 66.6 cm³/mol. The second kappa shape index (κ2) is 4.39. The number of hydrogen-bond donors (Lipinski definition) is 2. The fourth-order valence-electron chi connectivity index (χ4n) is 2.12. The predicted octanol–water partition coefficient (Wildman–Crippen LogP) is 0.950. The molecule has 0 aromatic carbocycles. The van der Waals surface area contributed by atoms with E-state index in [4.69, 9.17) is 5.73 Å². The van der Waals surface area contributed by atoms with Crippen molar-refractivity contribution in [2.75, 3.05) is 12.3 Å². The third-order valence-corrected chi connectivity index (χ3v) is 3.51. The number of aryl methyl sites for hydroxylation is 2. The Morgan fingerprint density at radius 3 is 2.76 bits per heavy atom. The first-order valence-corrected chi connectivity index (χ1v) is 6.14. The van der Waals surface area contributed by atoms with Crippen molar-refractivity contribution in [2.45, 2.75) is 26.7 Å². The van der Waals surface area contributed by atoms with Crippen LogP contribution in [0.15, 0.2) is 0 Å². The summed E-state index contributed by atoms with van der Waals surface area (Å²) in [7, 11) is 1.75. The zero-order chi connectivity index (χ0) is 12.6. The van der Waals surface area contributed by atoms with Gasteiger partial charge >= 0.3 is 0 Å². The van der Waals surface area contributed by atoms with Gasteiger partial charge in [0.15, 0.2) is 0 Å². The maximum absolute atomic E-state index is 12.0. The Bertz CT molecular complexity index is 438. The normalized spacial score (nSPS) is 22.5. The Labute approximate surface area is 101 Å². The molecule has 1 aliphatic carbocycles. The standard InChI is InChI=1S/C12H20N4O/c1-4-9-10(13)11(16(3)15-9)12(17)14-6-8-5-7(8)2/h7-8H,4-6,13H2,1-3H3,(H,14,17). The molecule has 1 saturated carbocycles. The van der Waals surface area contributed by atoms with Crippen LogP contribution < -0.4 is 11.1 Å². The Morgan fingerprint density at radius 2 is 2.29 bits per heavy atom. The topological polar surface area (TPSA) is 72.9 Å². The van der Waals surface area contributed by atoms with Crippen LogP contribution in [0.25, 0.3) is 0 Å². The van der Waals surface area contributed by atoms with Gasteiger partial charge in [0.05, 0.1) is 11.4 Å². The average Bonchev–Trinajstić information content (AvgIpc) is 2.91. The van der Waals surface area contributed by atoms with E-state index in [1.807, 2.05) is 6.92 Å². The van der Waals surface area contributed by atoms with Gasteiger partial charge in [0.25, 0.3) is 5.91 Å². The number of aromatic nitrogens is 2. The first-order chi connectivity index (χ1) is 8.04. The van der Waals surface area contributed by atoms with Crippen molar-refractivity contribution in [1.82, 2.24) is 15.1 Å². The summed E-state index contributed by atoms with van der Waals surface area (Å²) in [6, 6.07) is 0. The van der Waals surface area contributed by atoms with Crippen molar-refractivity contribution >= 4 is 11.6 Å². The zero-order valence-electron chi connectivity index (χ0n) is 10.7. The van der Waals surface area contributed by atoms with Crippen molar-refractivity contribution in [2.24, 2.45) is 18.9 Å². The number of nitrogens with zero attached hydrogens (tertiary/aromatic N) is 2. The van der Waals surface area contributed by atoms with Crippen LogP contribution in [-0.4, -0.2) is 22.2 Å². The van der Waals surface area contributed by atoms with E-state index in [1.54, 1.807) is 11.7 Å². The quantitative estimate of drug-likeness (QED) is 0.817. The minimum Gasteiger partial charge on any atom is -0.395 e. The molecule has 3 N–H and O–H groups in total. The molecule has 0 spiro atoms. The number of nitrogen functional groups attached to an aromatic ring is 1. The lowest BCUT2D eigenvalue weighted by Crippen LogP contribution is -2.28. The van der Waals surface area contributed by atoms with Crippen LogP contribution in [0.2, 0.25) is 0 Å². The van der Waals surface area contributed by atoms with Crippen LogP contribution in [0.1, 0.15) is 36.5 Å². The van der Waals surface area contributed by atoms with Crippen LogP contribution in [0.5, 0.6) is 0 Å². The highest BCUT2D eigenvalue weighted by molar-refractivity contribution is 5.97. The minimum absolute atomic E-state index is 0.115. The SMILES string of the molecule is CCc1nn(C)c(C(=O)NCC2CC2C)c1N. The summed E-state index contributed by atoms with van der Waals surface area (Å²) in [5.74, 6) is 1.26. The molecule has 2 rings (SSSR count). The van der Waals surface area contributed by atoms with Crippen molar-refractivity contribution < 1.29 is 4.79 Å². The van der Waals surface area contributed by atoms with E-state index < -0.39 is 0 Å². The van der Waals surface area contributed by atoms with E-state index in [0.29, 0.717) is 17.3 Å². The highest BCUT2D eigenvalue weighted by Crippen LogP contribution is 2.36. The molecule has 0 saturated heterocycles. The number of nitrogens with two attached hydrogens (primary N) is 1. The molecule has 0 radical (unpaired) electrons. The zero-order valence-corrected chi connectivity index (χ0v) is 10.7. The van der Waals surface area contributed by atoms with Crippen molar-refractivity contribution in [3.05, 3.63) is 11.4 Å². The summed E-state index contributed by atoms with van der Waals surface area (Å²) >= 11 is 0. The smallest absolute Gasteiger partial charge is 0.271 e. The van der Waals surface area contributed by atoms with Crippen LogP contribution in [-0.2, 0) is 13.5 Å². The second-order valence-electron chi connectivity index (χ2n) is 4.87. The molecule has 1 aliphatic rings. The van der Waals surface area contributed by atoms with Gasteiger partial charge < -0.3 is 11.1 Å². The van der Waals surface area contributed by atoms with E-state index in [2.05, 4.69) is 17.3 Å². The van der Waals surface area contributed by atoms with E-state index in [9.17, 15) is 4.79 Å². The van der Waals surface area contributed by atoms with Crippen LogP contribution >= 0.6 is 0 Å². The maximum atomic E-state index is 12.0. The number of anilines is 1. The van der Waals surface area contributed by atoms with Crippen molar-refractivity contribution in [3.8, 4) is 0 Å². The van der Waals surface area contributed by atoms with Gasteiger partial charge in [0.1, 0.15) is 5.69 Å². The molecule has 1 aromatic rings. The summed E-state index contributed by atoms with van der Waals surface area (Å²) in [4.78, 5) is 12.0. The Hall–Kier alpha value is -1.52. The van der Waals surface area contributed by atoms with Crippen LogP contribution in [0, 0.1) is 11.8 Å². The Morgan fingerprint density at radius 1 is 1.65 bits per heavy atom. The molecule has 5 nitrogen and oxygen atoms in total. The Kier molecular flexibility index (Phi) is 3.09. The lowest BCUT2D eigenvalue weighted by Gasteiger charge is -2.05. The first kappa shape index (κ1) is 12.0. The highest BCUT2D eigenvalue weighted by atomic mass is 16.2. The van der Waals surface area contributed by atoms with Crippen molar-refractivity contribution in [1.29, 1.82) is 0 Å². The molecular weight excluding hydrogens is 216 g/mol. The molecule has 5 heteroatoms. The van der Waals surface area contributed by atoms with Gasteiger partial charge in [-0.3, -0.25) is 9.48 Å². The second-order valence-corrected chi connectivity index (χ2v) is 4.87. The molecule has 2 atom stereocenters. The number of amides is 1. The fourth-order valence-corrected chi connectivity index (χ4v) is 2.12. The monoisotopic (exact) mass is 236 g/mol. The molecule has 17 heavy (non-hydrogen) atoms. The first-order valence-electron chi connectivity index (χ1n) is 6.14. The molecule has 94 valence electrons.